The summed E-state index contributed by atoms with van der Waals surface area (Å²) in [6, 6.07) is 7.11. The second-order valence-electron chi connectivity index (χ2n) is 9.56. The van der Waals surface area contributed by atoms with Crippen LogP contribution in [0, 0.1) is 5.41 Å². The highest BCUT2D eigenvalue weighted by atomic mass is 32.2. The Morgan fingerprint density at radius 3 is 2.62 bits per heavy atom. The molecule has 0 amide bonds. The van der Waals surface area contributed by atoms with Crippen LogP contribution in [0.1, 0.15) is 31.7 Å². The van der Waals surface area contributed by atoms with Gasteiger partial charge in [-0.1, -0.05) is 55.1 Å². The van der Waals surface area contributed by atoms with Crippen molar-refractivity contribution in [2.45, 2.75) is 43.7 Å². The summed E-state index contributed by atoms with van der Waals surface area (Å²) in [7, 11) is -3.97. The van der Waals surface area contributed by atoms with Crippen LogP contribution in [0.5, 0.6) is 0 Å². The molecule has 1 aromatic carbocycles. The van der Waals surface area contributed by atoms with Crippen molar-refractivity contribution in [2.75, 3.05) is 0 Å². The normalized spacial score (nSPS) is 25.9. The van der Waals surface area contributed by atoms with Crippen LogP contribution < -0.4 is 10.5 Å². The molecule has 0 aromatic heterocycles. The van der Waals surface area contributed by atoms with E-state index >= 15 is 0 Å². The maximum Gasteiger partial charge on any atom is 0.414 e. The summed E-state index contributed by atoms with van der Waals surface area (Å²) in [5.74, 6) is -0.377. The van der Waals surface area contributed by atoms with Crippen molar-refractivity contribution in [3.63, 3.8) is 0 Å². The first kappa shape index (κ1) is 29.1. The number of halogens is 3. The highest BCUT2D eigenvalue weighted by Gasteiger charge is 2.50. The van der Waals surface area contributed by atoms with E-state index in [0.29, 0.717) is 11.3 Å². The van der Waals surface area contributed by atoms with Gasteiger partial charge in [-0.25, -0.2) is 23.5 Å². The number of hydrogen-bond acceptors (Lipinski definition) is 7. The minimum atomic E-state index is -4.75. The van der Waals surface area contributed by atoms with Gasteiger partial charge in [-0.3, -0.25) is 9.98 Å². The summed E-state index contributed by atoms with van der Waals surface area (Å²) in [6.07, 6.45) is 6.94. The molecule has 2 heterocycles. The Hall–Kier alpha value is -3.90. The fraction of sp³-hybridized carbons (Fsp3) is 0.286. The van der Waals surface area contributed by atoms with Crippen LogP contribution in [0.15, 0.2) is 111 Å². The van der Waals surface area contributed by atoms with E-state index in [4.69, 9.17) is 10.1 Å². The van der Waals surface area contributed by atoms with Crippen LogP contribution in [-0.2, 0) is 10.0 Å². The summed E-state index contributed by atoms with van der Waals surface area (Å²) in [6.45, 7) is 6.83. The van der Waals surface area contributed by atoms with Gasteiger partial charge in [0.15, 0.2) is 11.9 Å². The van der Waals surface area contributed by atoms with Crippen LogP contribution >= 0.6 is 0 Å². The Bertz CT molecular complexity index is 1520. The highest BCUT2D eigenvalue weighted by Crippen LogP contribution is 2.49. The van der Waals surface area contributed by atoms with Gasteiger partial charge >= 0.3 is 6.18 Å². The summed E-state index contributed by atoms with van der Waals surface area (Å²) in [5.41, 5.74) is 0.188. The van der Waals surface area contributed by atoms with Gasteiger partial charge in [0.2, 0.25) is 10.0 Å². The summed E-state index contributed by atoms with van der Waals surface area (Å²) >= 11 is 0. The quantitative estimate of drug-likeness (QED) is 0.461. The Morgan fingerprint density at radius 2 is 2.00 bits per heavy atom. The van der Waals surface area contributed by atoms with E-state index in [-0.39, 0.29) is 23.8 Å². The van der Waals surface area contributed by atoms with E-state index in [1.807, 2.05) is 36.4 Å². The monoisotopic (exact) mass is 570 g/mol. The predicted molar refractivity (Wildman–Crippen MR) is 153 cm³/mol. The van der Waals surface area contributed by atoms with Crippen molar-refractivity contribution in [1.82, 2.24) is 5.32 Å². The van der Waals surface area contributed by atoms with Crippen molar-refractivity contribution in [1.29, 1.82) is 0 Å². The molecule has 3 aliphatic rings. The highest BCUT2D eigenvalue weighted by molar-refractivity contribution is 7.90. The molecule has 4 unspecified atom stereocenters. The Labute approximate surface area is 231 Å². The number of amidine groups is 2. The minimum Gasteiger partial charge on any atom is -0.356 e. The molecule has 0 bridgehead atoms. The number of hydrogen-bond donors (Lipinski definition) is 2. The third-order valence-electron chi connectivity index (χ3n) is 6.90. The number of sulfonamides is 1. The smallest absolute Gasteiger partial charge is 0.356 e. The van der Waals surface area contributed by atoms with Crippen molar-refractivity contribution in [3.05, 3.63) is 96.5 Å². The van der Waals surface area contributed by atoms with Crippen molar-refractivity contribution < 1.29 is 21.6 Å². The molecule has 8 nitrogen and oxygen atoms in total. The molecule has 0 fully saturated rings. The number of benzene rings is 1. The van der Waals surface area contributed by atoms with Crippen LogP contribution in [0.3, 0.4) is 0 Å². The second kappa shape index (κ2) is 11.3. The van der Waals surface area contributed by atoms with Crippen LogP contribution in [-0.4, -0.2) is 49.5 Å². The molecule has 1 aliphatic carbocycles. The Morgan fingerprint density at radius 1 is 1.27 bits per heavy atom. The zero-order chi connectivity index (χ0) is 29.1. The summed E-state index contributed by atoms with van der Waals surface area (Å²) < 4.78 is 67.6. The zero-order valence-corrected chi connectivity index (χ0v) is 22.7. The number of fused-ring (bicyclic) bond motifs is 1. The lowest BCUT2D eigenvalue weighted by Gasteiger charge is -2.43. The maximum atomic E-state index is 14.5. The van der Waals surface area contributed by atoms with E-state index in [1.165, 1.54) is 24.6 Å². The summed E-state index contributed by atoms with van der Waals surface area (Å²) in [4.78, 5) is 17.2. The number of nitrogens with one attached hydrogen (secondary N) is 1. The number of primary sulfonamides is 1. The zero-order valence-electron chi connectivity index (χ0n) is 21.9. The van der Waals surface area contributed by atoms with E-state index in [2.05, 4.69) is 26.9 Å². The van der Waals surface area contributed by atoms with E-state index < -0.39 is 38.8 Å². The van der Waals surface area contributed by atoms with E-state index in [0.717, 1.165) is 11.8 Å². The molecule has 1 aromatic rings. The number of aliphatic imine (C=N–C) groups is 4. The third-order valence-corrected chi connectivity index (χ3v) is 8.03. The average Bonchev–Trinajstić information content (AvgIpc) is 2.90. The van der Waals surface area contributed by atoms with Gasteiger partial charge in [-0.05, 0) is 31.6 Å². The molecule has 210 valence electrons. The molecule has 0 saturated carbocycles. The standard InChI is InChI=1S/C28H29F3N6O2S/c1-4-10-22(34-5-2)24(28(29,30)31)36-26-27(3)21(18-11-7-6-8-12-18)13-9-14-23(27)35-25(37-26)19-15-20(17-33-16-19)40(32,38)39/h4-14,16-17,20-21,24H,2,15H2,1,3H3,(H2,32,38,39)(H,35,36,37)/b10-4-,34-22+. The van der Waals surface area contributed by atoms with Crippen molar-refractivity contribution >= 4 is 33.6 Å². The van der Waals surface area contributed by atoms with Gasteiger partial charge in [0.1, 0.15) is 11.1 Å². The average molecular weight is 571 g/mol. The fourth-order valence-electron chi connectivity index (χ4n) is 4.85. The number of allylic oxidation sites excluding steroid dienone is 4. The second-order valence-corrected chi connectivity index (χ2v) is 11.3. The van der Waals surface area contributed by atoms with Gasteiger partial charge in [0.05, 0.1) is 16.8 Å². The molecule has 0 spiro atoms. The van der Waals surface area contributed by atoms with Gasteiger partial charge in [0, 0.05) is 36.5 Å². The van der Waals surface area contributed by atoms with Gasteiger partial charge in [-0.15, -0.1) is 0 Å². The molecular weight excluding hydrogens is 541 g/mol. The first-order valence-electron chi connectivity index (χ1n) is 12.4. The van der Waals surface area contributed by atoms with Crippen LogP contribution in [0.25, 0.3) is 0 Å². The first-order valence-corrected chi connectivity index (χ1v) is 14.0. The van der Waals surface area contributed by atoms with Crippen molar-refractivity contribution in [2.24, 2.45) is 30.5 Å². The Kier molecular flexibility index (Phi) is 8.22. The minimum absolute atomic E-state index is 0.00634. The van der Waals surface area contributed by atoms with Gasteiger partial charge in [-0.2, -0.15) is 13.2 Å². The molecular formula is C28H29F3N6O2S. The SMILES string of the molecule is C=C/N=C(\C=C/C)C(NC1=NC(C2=CN=CC(S(N)(=O)=O)C2)=NC2=CC=CC(c3ccccc3)C21C)C(F)(F)F. The molecule has 40 heavy (non-hydrogen) atoms. The lowest BCUT2D eigenvalue weighted by molar-refractivity contribution is -0.136. The predicted octanol–water partition coefficient (Wildman–Crippen LogP) is 4.74. The lowest BCUT2D eigenvalue weighted by Crippen LogP contribution is -2.56. The molecule has 0 radical (unpaired) electrons. The van der Waals surface area contributed by atoms with Crippen LogP contribution in [0.4, 0.5) is 13.2 Å². The number of alkyl halides is 3. The van der Waals surface area contributed by atoms with E-state index in [1.54, 1.807) is 26.0 Å². The largest absolute Gasteiger partial charge is 0.414 e. The molecule has 0 saturated heterocycles. The molecule has 3 N–H and O–H groups in total. The number of rotatable bonds is 7. The molecule has 2 aliphatic heterocycles. The Balaban J connectivity index is 1.89. The summed E-state index contributed by atoms with van der Waals surface area (Å²) in [5, 5.41) is 6.87. The molecule has 12 heteroatoms. The third kappa shape index (κ3) is 5.82. The topological polar surface area (TPSA) is 122 Å². The molecule has 4 rings (SSSR count). The van der Waals surface area contributed by atoms with Gasteiger partial charge < -0.3 is 5.32 Å². The van der Waals surface area contributed by atoms with Gasteiger partial charge in [0.25, 0.3) is 0 Å². The lowest BCUT2D eigenvalue weighted by atomic mass is 9.67. The van der Waals surface area contributed by atoms with Crippen LogP contribution in [0.2, 0.25) is 0 Å². The number of nitrogens with two attached hydrogens (primary N) is 1. The van der Waals surface area contributed by atoms with E-state index in [9.17, 15) is 21.6 Å². The molecule has 4 atom stereocenters. The first-order chi connectivity index (χ1) is 18.9. The fourth-order valence-corrected chi connectivity index (χ4v) is 5.50. The van der Waals surface area contributed by atoms with Crippen molar-refractivity contribution in [3.8, 4) is 0 Å². The maximum absolute atomic E-state index is 14.5. The number of nitrogens with zero attached hydrogens (tertiary/aromatic N) is 4.